The van der Waals surface area contributed by atoms with Crippen LogP contribution in [-0.2, 0) is 4.74 Å². The minimum atomic E-state index is 0. The molecular weight excluding hydrogens is 160 g/mol. The van der Waals surface area contributed by atoms with Gasteiger partial charge in [0.2, 0.25) is 0 Å². The van der Waals surface area contributed by atoms with Crippen molar-refractivity contribution < 1.29 is 4.74 Å². The lowest BCUT2D eigenvalue weighted by Gasteiger charge is -1.76. The molecule has 0 aromatic heterocycles. The van der Waals surface area contributed by atoms with Gasteiger partial charge in [0.1, 0.15) is 0 Å². The molecule has 0 spiro atoms. The third-order valence-electron chi connectivity index (χ3n) is 0.827. The summed E-state index contributed by atoms with van der Waals surface area (Å²) in [6.45, 7) is 5.86. The fourth-order valence-electron chi connectivity index (χ4n) is 0.510. The van der Waals surface area contributed by atoms with Crippen molar-refractivity contribution in [2.45, 2.75) is 32.1 Å². The first-order chi connectivity index (χ1) is 4.23. The number of hydrogen-bond donors (Lipinski definition) is 0. The lowest BCUT2D eigenvalue weighted by atomic mass is 10.4. The van der Waals surface area contributed by atoms with Crippen LogP contribution >= 0.6 is 11.6 Å². The van der Waals surface area contributed by atoms with E-state index in [-0.39, 0.29) is 23.1 Å². The van der Waals surface area contributed by atoms with Gasteiger partial charge in [-0.15, -0.1) is 11.6 Å². The summed E-state index contributed by atoms with van der Waals surface area (Å²) in [5.41, 5.74) is 0. The Kier molecular flexibility index (Phi) is 13.6. The molecule has 0 aliphatic carbocycles. The maximum absolute atomic E-state index is 5.27. The van der Waals surface area contributed by atoms with E-state index in [9.17, 15) is 0 Å². The van der Waals surface area contributed by atoms with Gasteiger partial charge in [-0.05, 0) is 26.7 Å². The molecule has 1 heterocycles. The highest BCUT2D eigenvalue weighted by molar-refractivity contribution is 6.20. The standard InChI is InChI=1S/C4H8O.C3H7Cl.Mg.2H/c1-2-4-5-3-1;1-3(2)4;;;/h1-4H2;3H,1-2H3;;;. The summed E-state index contributed by atoms with van der Waals surface area (Å²) >= 11 is 5.27. The smallest absolute Gasteiger partial charge is 0.316 e. The highest BCUT2D eigenvalue weighted by Crippen LogP contribution is 1.98. The van der Waals surface area contributed by atoms with Crippen molar-refractivity contribution in [2.75, 3.05) is 13.2 Å². The Morgan fingerprint density at radius 3 is 1.60 bits per heavy atom. The second-order valence-electron chi connectivity index (χ2n) is 2.33. The van der Waals surface area contributed by atoms with E-state index >= 15 is 0 Å². The van der Waals surface area contributed by atoms with Gasteiger partial charge in [-0.1, -0.05) is 0 Å². The largest absolute Gasteiger partial charge is 0.381 e. The van der Waals surface area contributed by atoms with E-state index in [0.29, 0.717) is 5.38 Å². The van der Waals surface area contributed by atoms with Crippen molar-refractivity contribution in [1.29, 1.82) is 0 Å². The topological polar surface area (TPSA) is 9.23 Å². The van der Waals surface area contributed by atoms with Crippen LogP contribution in [0.1, 0.15) is 26.7 Å². The summed E-state index contributed by atoms with van der Waals surface area (Å²) in [5.74, 6) is 0. The first kappa shape index (κ1) is 13.6. The molecule has 1 saturated heterocycles. The Hall–Kier alpha value is 1.02. The maximum atomic E-state index is 5.27. The van der Waals surface area contributed by atoms with E-state index in [0.717, 1.165) is 13.2 Å². The number of rotatable bonds is 0. The van der Waals surface area contributed by atoms with Gasteiger partial charge in [-0.2, -0.15) is 0 Å². The molecule has 0 radical (unpaired) electrons. The SMILES string of the molecule is C1CCOC1.CC(C)Cl.[MgH2]. The first-order valence-electron chi connectivity index (χ1n) is 3.45. The molecule has 0 N–H and O–H groups in total. The summed E-state index contributed by atoms with van der Waals surface area (Å²) in [6.07, 6.45) is 2.56. The normalized spacial score (nSPS) is 15.6. The molecule has 1 rings (SSSR count). The van der Waals surface area contributed by atoms with Crippen LogP contribution in [-0.4, -0.2) is 41.6 Å². The quantitative estimate of drug-likeness (QED) is 0.402. The van der Waals surface area contributed by atoms with Crippen molar-refractivity contribution >= 4 is 34.7 Å². The van der Waals surface area contributed by atoms with E-state index in [4.69, 9.17) is 16.3 Å². The van der Waals surface area contributed by atoms with Gasteiger partial charge < -0.3 is 4.74 Å². The van der Waals surface area contributed by atoms with Crippen LogP contribution in [0.4, 0.5) is 0 Å². The maximum Gasteiger partial charge on any atom is 0.316 e. The number of ether oxygens (including phenoxy) is 1. The molecule has 0 bridgehead atoms. The molecule has 0 amide bonds. The predicted molar refractivity (Wildman–Crippen MR) is 49.6 cm³/mol. The van der Waals surface area contributed by atoms with Crippen molar-refractivity contribution in [3.8, 4) is 0 Å². The van der Waals surface area contributed by atoms with Crippen LogP contribution in [0, 0.1) is 0 Å². The third-order valence-corrected chi connectivity index (χ3v) is 0.827. The molecular formula is C7H17ClMgO. The molecule has 1 fully saturated rings. The van der Waals surface area contributed by atoms with Crippen molar-refractivity contribution in [3.63, 3.8) is 0 Å². The average molecular weight is 177 g/mol. The van der Waals surface area contributed by atoms with Crippen molar-refractivity contribution in [2.24, 2.45) is 0 Å². The van der Waals surface area contributed by atoms with Gasteiger partial charge >= 0.3 is 23.1 Å². The molecule has 3 heteroatoms. The Balaban J connectivity index is 0. The predicted octanol–water partition coefficient (Wildman–Crippen LogP) is 1.51. The summed E-state index contributed by atoms with van der Waals surface area (Å²) < 4.78 is 4.94. The molecule has 10 heavy (non-hydrogen) atoms. The Labute approximate surface area is 84.6 Å². The number of halogens is 1. The third kappa shape index (κ3) is 16.0. The van der Waals surface area contributed by atoms with Crippen LogP contribution in [0.25, 0.3) is 0 Å². The van der Waals surface area contributed by atoms with Crippen LogP contribution in [0.3, 0.4) is 0 Å². The fourth-order valence-corrected chi connectivity index (χ4v) is 0.510. The Morgan fingerprint density at radius 2 is 1.50 bits per heavy atom. The van der Waals surface area contributed by atoms with Gasteiger partial charge in [-0.3, -0.25) is 0 Å². The van der Waals surface area contributed by atoms with Gasteiger partial charge in [0.25, 0.3) is 0 Å². The van der Waals surface area contributed by atoms with Crippen LogP contribution in [0.15, 0.2) is 0 Å². The van der Waals surface area contributed by atoms with Crippen LogP contribution in [0.2, 0.25) is 0 Å². The Bertz CT molecular complexity index is 45.2. The molecule has 0 atom stereocenters. The van der Waals surface area contributed by atoms with E-state index in [1.807, 2.05) is 13.8 Å². The summed E-state index contributed by atoms with van der Waals surface area (Å²) in [6, 6.07) is 0. The van der Waals surface area contributed by atoms with E-state index < -0.39 is 0 Å². The van der Waals surface area contributed by atoms with Crippen LogP contribution < -0.4 is 0 Å². The zero-order valence-corrected chi connectivity index (χ0v) is 6.95. The number of hydrogen-bond acceptors (Lipinski definition) is 1. The van der Waals surface area contributed by atoms with E-state index in [2.05, 4.69) is 0 Å². The lowest BCUT2D eigenvalue weighted by Crippen LogP contribution is -1.74. The van der Waals surface area contributed by atoms with E-state index in [1.54, 1.807) is 0 Å². The summed E-state index contributed by atoms with van der Waals surface area (Å²) in [4.78, 5) is 0. The minimum absolute atomic E-state index is 0. The number of alkyl halides is 1. The molecule has 0 aromatic rings. The van der Waals surface area contributed by atoms with Crippen molar-refractivity contribution in [1.82, 2.24) is 0 Å². The zero-order valence-electron chi connectivity index (χ0n) is 6.19. The highest BCUT2D eigenvalue weighted by atomic mass is 35.5. The molecule has 0 aromatic carbocycles. The molecule has 0 unspecified atom stereocenters. The minimum Gasteiger partial charge on any atom is -0.381 e. The monoisotopic (exact) mass is 176 g/mol. The molecule has 1 aliphatic heterocycles. The van der Waals surface area contributed by atoms with Crippen LogP contribution in [0.5, 0.6) is 0 Å². The van der Waals surface area contributed by atoms with Crippen molar-refractivity contribution in [3.05, 3.63) is 0 Å². The lowest BCUT2D eigenvalue weighted by molar-refractivity contribution is 0.198. The summed E-state index contributed by atoms with van der Waals surface area (Å²) in [5, 5.41) is 0.306. The second-order valence-corrected chi connectivity index (χ2v) is 3.21. The van der Waals surface area contributed by atoms with Gasteiger partial charge in [0.15, 0.2) is 0 Å². The molecule has 60 valence electrons. The summed E-state index contributed by atoms with van der Waals surface area (Å²) in [7, 11) is 0. The fraction of sp³-hybridized carbons (Fsp3) is 1.00. The average Bonchev–Trinajstić information content (AvgIpc) is 2.11. The molecule has 1 aliphatic rings. The van der Waals surface area contributed by atoms with Gasteiger partial charge in [0, 0.05) is 18.6 Å². The van der Waals surface area contributed by atoms with E-state index in [1.165, 1.54) is 12.8 Å². The first-order valence-corrected chi connectivity index (χ1v) is 3.89. The Morgan fingerprint density at radius 1 is 1.20 bits per heavy atom. The highest BCUT2D eigenvalue weighted by Gasteiger charge is 1.94. The van der Waals surface area contributed by atoms with Gasteiger partial charge in [0.05, 0.1) is 0 Å². The molecule has 1 nitrogen and oxygen atoms in total. The second kappa shape index (κ2) is 10.0. The molecule has 0 saturated carbocycles. The van der Waals surface area contributed by atoms with Gasteiger partial charge in [-0.25, -0.2) is 0 Å². The zero-order chi connectivity index (χ0) is 7.11.